The maximum atomic E-state index is 13.5. The van der Waals surface area contributed by atoms with E-state index in [1.54, 1.807) is 33.8 Å². The van der Waals surface area contributed by atoms with Crippen LogP contribution in [0.4, 0.5) is 10.6 Å². The Hall–Kier alpha value is -4.40. The minimum absolute atomic E-state index is 0.0633. The molecule has 1 aromatic heterocycles. The molecular weight excluding hydrogens is 542 g/mol. The summed E-state index contributed by atoms with van der Waals surface area (Å²) >= 11 is 0. The van der Waals surface area contributed by atoms with Gasteiger partial charge in [0, 0.05) is 18.8 Å². The highest BCUT2D eigenvalue weighted by atomic mass is 16.6. The molecule has 3 amide bonds. The molecule has 3 atom stereocenters. The van der Waals surface area contributed by atoms with Gasteiger partial charge in [0.15, 0.2) is 0 Å². The number of ether oxygens (including phenoxy) is 1. The van der Waals surface area contributed by atoms with Crippen LogP contribution in [0.25, 0.3) is 0 Å². The fourth-order valence-corrected chi connectivity index (χ4v) is 5.31. The fourth-order valence-electron chi connectivity index (χ4n) is 5.31. The normalized spacial score (nSPS) is 17.3. The summed E-state index contributed by atoms with van der Waals surface area (Å²) in [4.78, 5) is 45.2. The number of anilines is 1. The molecule has 0 bridgehead atoms. The Morgan fingerprint density at radius 3 is 2.30 bits per heavy atom. The third-order valence-electron chi connectivity index (χ3n) is 7.54. The predicted octanol–water partition coefficient (Wildman–Crippen LogP) is 4.55. The number of nitrogens with one attached hydrogen (secondary N) is 2. The number of benzene rings is 2. The number of amides is 3. The lowest BCUT2D eigenvalue weighted by molar-refractivity contribution is -0.131. The quantitative estimate of drug-likeness (QED) is 0.338. The summed E-state index contributed by atoms with van der Waals surface area (Å²) in [6.07, 6.45) is 1.53. The van der Waals surface area contributed by atoms with Gasteiger partial charge in [0.1, 0.15) is 23.5 Å². The van der Waals surface area contributed by atoms with Crippen molar-refractivity contribution in [1.29, 1.82) is 0 Å². The standard InChI is InChI=1S/C34H43N5O4/c1-22-28(15-16-30(35)37-22)20-36-31(40)23(2)38-32(41)29-19-27(21-39(29)33(42)43-34(3,4)5)18-26-13-11-25(12-14-26)17-24-9-7-6-8-10-24/h6-16,23,27,29H,17-21H2,1-5H3,(H2,35,37)(H,36,40)(H,38,41)/t23-,27-,29+/m0/s1. The second kappa shape index (κ2) is 13.7. The summed E-state index contributed by atoms with van der Waals surface area (Å²) in [5, 5.41) is 5.65. The smallest absolute Gasteiger partial charge is 0.410 e. The Bertz CT molecular complexity index is 1420. The number of likely N-dealkylation sites (tertiary alicyclic amines) is 1. The van der Waals surface area contributed by atoms with Crippen molar-refractivity contribution in [2.75, 3.05) is 12.3 Å². The summed E-state index contributed by atoms with van der Waals surface area (Å²) in [5.41, 5.74) is 10.2. The lowest BCUT2D eigenvalue weighted by atomic mass is 9.95. The number of pyridine rings is 1. The average molecular weight is 586 g/mol. The van der Waals surface area contributed by atoms with Gasteiger partial charge in [-0.25, -0.2) is 9.78 Å². The number of hydrogen-bond acceptors (Lipinski definition) is 6. The fraction of sp³-hybridized carbons (Fsp3) is 0.412. The SMILES string of the molecule is Cc1nc(N)ccc1CNC(=O)[C@H](C)NC(=O)[C@H]1C[C@H](Cc2ccc(Cc3ccccc3)cc2)CN1C(=O)OC(C)(C)C. The van der Waals surface area contributed by atoms with Crippen molar-refractivity contribution in [2.24, 2.45) is 5.92 Å². The number of aryl methyl sites for hydroxylation is 1. The Kier molecular flexibility index (Phi) is 10.1. The van der Waals surface area contributed by atoms with Gasteiger partial charge >= 0.3 is 6.09 Å². The molecule has 1 saturated heterocycles. The van der Waals surface area contributed by atoms with Crippen molar-refractivity contribution in [1.82, 2.24) is 20.5 Å². The molecule has 3 aromatic rings. The Morgan fingerprint density at radius 2 is 1.65 bits per heavy atom. The van der Waals surface area contributed by atoms with Gasteiger partial charge in [0.05, 0.1) is 0 Å². The van der Waals surface area contributed by atoms with Crippen LogP contribution in [0.5, 0.6) is 0 Å². The maximum Gasteiger partial charge on any atom is 0.410 e. The first kappa shape index (κ1) is 31.5. The molecule has 1 aliphatic rings. The lowest BCUT2D eigenvalue weighted by Crippen LogP contribution is -2.52. The number of nitrogens with two attached hydrogens (primary N) is 1. The molecule has 0 radical (unpaired) electrons. The van der Waals surface area contributed by atoms with Crippen LogP contribution in [0.3, 0.4) is 0 Å². The molecule has 2 heterocycles. The summed E-state index contributed by atoms with van der Waals surface area (Å²) in [5.74, 6) is -0.232. The zero-order valence-electron chi connectivity index (χ0n) is 25.7. The van der Waals surface area contributed by atoms with Gasteiger partial charge in [-0.2, -0.15) is 0 Å². The van der Waals surface area contributed by atoms with E-state index in [0.717, 1.165) is 29.7 Å². The van der Waals surface area contributed by atoms with Crippen molar-refractivity contribution in [3.63, 3.8) is 0 Å². The van der Waals surface area contributed by atoms with Crippen LogP contribution in [0, 0.1) is 12.8 Å². The van der Waals surface area contributed by atoms with Crippen molar-refractivity contribution in [3.8, 4) is 0 Å². The van der Waals surface area contributed by atoms with E-state index in [4.69, 9.17) is 10.5 Å². The highest BCUT2D eigenvalue weighted by Gasteiger charge is 2.42. The molecule has 4 N–H and O–H groups in total. The van der Waals surface area contributed by atoms with Crippen LogP contribution in [0.2, 0.25) is 0 Å². The molecule has 4 rings (SSSR count). The third-order valence-corrected chi connectivity index (χ3v) is 7.54. The molecule has 43 heavy (non-hydrogen) atoms. The molecule has 1 fully saturated rings. The summed E-state index contributed by atoms with van der Waals surface area (Å²) < 4.78 is 5.65. The summed E-state index contributed by atoms with van der Waals surface area (Å²) in [6.45, 7) is 9.51. The lowest BCUT2D eigenvalue weighted by Gasteiger charge is -2.28. The summed E-state index contributed by atoms with van der Waals surface area (Å²) in [6, 6.07) is 20.8. The monoisotopic (exact) mass is 585 g/mol. The van der Waals surface area contributed by atoms with Gasteiger partial charge in [0.25, 0.3) is 0 Å². The Balaban J connectivity index is 1.38. The Morgan fingerprint density at radius 1 is 1.00 bits per heavy atom. The molecule has 0 spiro atoms. The molecule has 9 nitrogen and oxygen atoms in total. The average Bonchev–Trinajstić information content (AvgIpc) is 3.37. The zero-order valence-corrected chi connectivity index (χ0v) is 25.7. The van der Waals surface area contributed by atoms with Crippen LogP contribution in [0.15, 0.2) is 66.7 Å². The maximum absolute atomic E-state index is 13.5. The molecule has 0 unspecified atom stereocenters. The minimum atomic E-state index is -0.800. The van der Waals surface area contributed by atoms with Gasteiger partial charge < -0.3 is 21.1 Å². The second-order valence-electron chi connectivity index (χ2n) is 12.4. The number of rotatable bonds is 9. The number of aromatic nitrogens is 1. The number of carbonyl (C=O) groups excluding carboxylic acids is 3. The van der Waals surface area contributed by atoms with Gasteiger partial charge in [0.2, 0.25) is 11.8 Å². The van der Waals surface area contributed by atoms with E-state index in [1.165, 1.54) is 16.0 Å². The molecule has 2 aromatic carbocycles. The number of hydrogen-bond donors (Lipinski definition) is 3. The van der Waals surface area contributed by atoms with Crippen LogP contribution in [-0.4, -0.2) is 52.0 Å². The van der Waals surface area contributed by atoms with E-state index >= 15 is 0 Å². The number of nitrogens with zero attached hydrogens (tertiary/aromatic N) is 2. The van der Waals surface area contributed by atoms with Crippen LogP contribution < -0.4 is 16.4 Å². The largest absolute Gasteiger partial charge is 0.444 e. The highest BCUT2D eigenvalue weighted by Crippen LogP contribution is 2.29. The van der Waals surface area contributed by atoms with Crippen molar-refractivity contribution in [3.05, 3.63) is 94.7 Å². The molecule has 228 valence electrons. The van der Waals surface area contributed by atoms with E-state index in [9.17, 15) is 14.4 Å². The van der Waals surface area contributed by atoms with Gasteiger partial charge in [-0.3, -0.25) is 14.5 Å². The molecule has 0 aliphatic carbocycles. The second-order valence-corrected chi connectivity index (χ2v) is 12.4. The van der Waals surface area contributed by atoms with Crippen LogP contribution in [0.1, 0.15) is 62.1 Å². The van der Waals surface area contributed by atoms with E-state index < -0.39 is 23.8 Å². The number of carbonyl (C=O) groups is 3. The van der Waals surface area contributed by atoms with E-state index in [2.05, 4.69) is 52.0 Å². The number of nitrogen functional groups attached to an aromatic ring is 1. The topological polar surface area (TPSA) is 127 Å². The van der Waals surface area contributed by atoms with Gasteiger partial charge in [-0.1, -0.05) is 60.7 Å². The van der Waals surface area contributed by atoms with Crippen LogP contribution in [-0.2, 0) is 33.7 Å². The predicted molar refractivity (Wildman–Crippen MR) is 167 cm³/mol. The van der Waals surface area contributed by atoms with Gasteiger partial charge in [-0.15, -0.1) is 0 Å². The molecule has 1 aliphatic heterocycles. The first-order valence-corrected chi connectivity index (χ1v) is 14.8. The zero-order chi connectivity index (χ0) is 31.1. The van der Waals surface area contributed by atoms with E-state index in [1.807, 2.05) is 31.2 Å². The van der Waals surface area contributed by atoms with E-state index in [0.29, 0.717) is 18.8 Å². The van der Waals surface area contributed by atoms with Crippen molar-refractivity contribution < 1.29 is 19.1 Å². The highest BCUT2D eigenvalue weighted by molar-refractivity contribution is 5.91. The van der Waals surface area contributed by atoms with Crippen molar-refractivity contribution in [2.45, 2.75) is 78.1 Å². The van der Waals surface area contributed by atoms with Crippen LogP contribution >= 0.6 is 0 Å². The Labute approximate surface area is 254 Å². The first-order chi connectivity index (χ1) is 20.4. The molecule has 0 saturated carbocycles. The molecule has 9 heteroatoms. The first-order valence-electron chi connectivity index (χ1n) is 14.8. The van der Waals surface area contributed by atoms with Gasteiger partial charge in [-0.05, 0) is 88.1 Å². The molecular formula is C34H43N5O4. The third kappa shape index (κ3) is 9.04. The minimum Gasteiger partial charge on any atom is -0.444 e. The van der Waals surface area contributed by atoms with E-state index in [-0.39, 0.29) is 24.3 Å². The van der Waals surface area contributed by atoms with Crippen molar-refractivity contribution >= 4 is 23.7 Å². The summed E-state index contributed by atoms with van der Waals surface area (Å²) in [7, 11) is 0.